The minimum Gasteiger partial charge on any atom is -0.462 e. The highest BCUT2D eigenvalue weighted by molar-refractivity contribution is 5.95. The normalized spacial score (nSPS) is 46.8. The lowest BCUT2D eigenvalue weighted by atomic mass is 9.33. The number of piperidine rings is 1. The van der Waals surface area contributed by atoms with Gasteiger partial charge in [-0.25, -0.2) is 0 Å². The fraction of sp³-hybridized carbons (Fsp3) is 0.872. The van der Waals surface area contributed by atoms with Gasteiger partial charge in [-0.1, -0.05) is 53.5 Å². The molecule has 0 aromatic carbocycles. The molecule has 0 radical (unpaired) electrons. The van der Waals surface area contributed by atoms with Gasteiger partial charge in [0.2, 0.25) is 0 Å². The molecule has 6 rings (SSSR count). The van der Waals surface area contributed by atoms with E-state index in [9.17, 15) is 14.4 Å². The molecule has 10 unspecified atom stereocenters. The van der Waals surface area contributed by atoms with E-state index in [1.807, 2.05) is 6.92 Å². The number of hydrogen-bond acceptors (Lipinski definition) is 6. The first kappa shape index (κ1) is 33.2. The number of carbonyl (C=O) groups excluding carboxylic acids is 3. The third-order valence-electron chi connectivity index (χ3n) is 15.5. The van der Waals surface area contributed by atoms with Crippen LogP contribution in [0.1, 0.15) is 139 Å². The van der Waals surface area contributed by atoms with Gasteiger partial charge in [0.1, 0.15) is 6.10 Å². The fourth-order valence-electron chi connectivity index (χ4n) is 12.4. The van der Waals surface area contributed by atoms with Crippen LogP contribution in [0.4, 0.5) is 0 Å². The van der Waals surface area contributed by atoms with Crippen LogP contribution < -0.4 is 0 Å². The highest BCUT2D eigenvalue weighted by atomic mass is 16.6. The summed E-state index contributed by atoms with van der Waals surface area (Å²) in [6.07, 6.45) is 14.0. The van der Waals surface area contributed by atoms with E-state index in [1.54, 1.807) is 0 Å². The van der Waals surface area contributed by atoms with E-state index in [1.165, 1.54) is 31.8 Å². The molecule has 0 N–H and O–H groups in total. The van der Waals surface area contributed by atoms with Crippen LogP contribution in [0.15, 0.2) is 11.6 Å². The van der Waals surface area contributed by atoms with Crippen molar-refractivity contribution in [3.8, 4) is 0 Å². The molecule has 45 heavy (non-hydrogen) atoms. The second-order valence-corrected chi connectivity index (χ2v) is 18.3. The van der Waals surface area contributed by atoms with Crippen molar-refractivity contribution in [2.24, 2.45) is 50.2 Å². The summed E-state index contributed by atoms with van der Waals surface area (Å²) >= 11 is 0. The first-order valence-electron chi connectivity index (χ1n) is 18.3. The number of nitrogens with zero attached hydrogens (tertiary/aromatic N) is 1. The third-order valence-corrected chi connectivity index (χ3v) is 15.5. The van der Waals surface area contributed by atoms with Gasteiger partial charge in [0, 0.05) is 31.3 Å². The zero-order valence-electron chi connectivity index (χ0n) is 29.9. The lowest BCUT2D eigenvalue weighted by Crippen LogP contribution is -2.66. The molecule has 0 amide bonds. The van der Waals surface area contributed by atoms with E-state index < -0.39 is 5.41 Å². The Morgan fingerprint density at radius 2 is 1.56 bits per heavy atom. The average molecular weight is 624 g/mol. The second-order valence-electron chi connectivity index (χ2n) is 18.3. The van der Waals surface area contributed by atoms with Gasteiger partial charge in [0.05, 0.1) is 5.41 Å². The van der Waals surface area contributed by atoms with Crippen LogP contribution in [-0.2, 0) is 23.9 Å². The molecular formula is C39H61NO5. The summed E-state index contributed by atoms with van der Waals surface area (Å²) < 4.78 is 12.1. The Labute approximate surface area is 272 Å². The van der Waals surface area contributed by atoms with E-state index in [0.717, 1.165) is 70.9 Å². The second kappa shape index (κ2) is 10.9. The van der Waals surface area contributed by atoms with E-state index in [2.05, 4.69) is 59.4 Å². The molecule has 1 saturated heterocycles. The zero-order valence-corrected chi connectivity index (χ0v) is 29.9. The first-order chi connectivity index (χ1) is 20.9. The van der Waals surface area contributed by atoms with Gasteiger partial charge in [-0.15, -0.1) is 0 Å². The number of fused-ring (bicyclic) bond motifs is 7. The number of likely N-dealkylation sites (tertiary alicyclic amines) is 1. The van der Waals surface area contributed by atoms with Gasteiger partial charge < -0.3 is 9.47 Å². The summed E-state index contributed by atoms with van der Waals surface area (Å²) in [6, 6.07) is 0. The maximum atomic E-state index is 14.7. The van der Waals surface area contributed by atoms with Crippen LogP contribution in [0.25, 0.3) is 0 Å². The lowest BCUT2D eigenvalue weighted by Gasteiger charge is -2.70. The van der Waals surface area contributed by atoms with Crippen molar-refractivity contribution in [2.45, 2.75) is 152 Å². The fourth-order valence-corrected chi connectivity index (χ4v) is 12.4. The first-order valence-corrected chi connectivity index (χ1v) is 18.3. The van der Waals surface area contributed by atoms with Crippen molar-refractivity contribution >= 4 is 17.7 Å². The number of allylic oxidation sites excluding steroid dienone is 2. The Kier molecular flexibility index (Phi) is 8.06. The lowest BCUT2D eigenvalue weighted by molar-refractivity contribution is -0.210. The van der Waals surface area contributed by atoms with Crippen LogP contribution >= 0.6 is 0 Å². The maximum absolute atomic E-state index is 14.7. The maximum Gasteiger partial charge on any atom is 0.313 e. The molecule has 6 nitrogen and oxygen atoms in total. The number of ether oxygens (including phenoxy) is 2. The SMILES string of the molecule is CC(=O)OC1CCC2(C)C(CCC3(C)C2C(=O)C=C2C4CC(C)(C(=O)OC(C)N5CCCCC5)CCC4(C)CCC23C)C1(C)C. The van der Waals surface area contributed by atoms with Crippen LogP contribution in [-0.4, -0.2) is 48.0 Å². The summed E-state index contributed by atoms with van der Waals surface area (Å²) in [5.41, 5.74) is 0.303. The Balaban J connectivity index is 1.31. The summed E-state index contributed by atoms with van der Waals surface area (Å²) in [5, 5.41) is 0. The Morgan fingerprint density at radius 3 is 2.22 bits per heavy atom. The van der Waals surface area contributed by atoms with E-state index in [4.69, 9.17) is 9.47 Å². The average Bonchev–Trinajstić information content (AvgIpc) is 2.97. The molecule has 4 saturated carbocycles. The molecule has 10 atom stereocenters. The monoisotopic (exact) mass is 623 g/mol. The van der Waals surface area contributed by atoms with E-state index in [0.29, 0.717) is 11.7 Å². The molecule has 0 aromatic heterocycles. The molecule has 6 heteroatoms. The quantitative estimate of drug-likeness (QED) is 0.294. The zero-order chi connectivity index (χ0) is 32.8. The highest BCUT2D eigenvalue weighted by Crippen LogP contribution is 2.75. The van der Waals surface area contributed by atoms with Crippen LogP contribution in [0.3, 0.4) is 0 Å². The Bertz CT molecular complexity index is 1270. The smallest absolute Gasteiger partial charge is 0.313 e. The Morgan fingerprint density at radius 1 is 0.889 bits per heavy atom. The Hall–Kier alpha value is -1.69. The molecule has 1 heterocycles. The van der Waals surface area contributed by atoms with Gasteiger partial charge in [-0.3, -0.25) is 19.3 Å². The topological polar surface area (TPSA) is 72.9 Å². The number of rotatable bonds is 4. The molecule has 0 aromatic rings. The summed E-state index contributed by atoms with van der Waals surface area (Å²) in [6.45, 7) is 21.9. The van der Waals surface area contributed by atoms with Crippen molar-refractivity contribution < 1.29 is 23.9 Å². The van der Waals surface area contributed by atoms with Crippen LogP contribution in [0, 0.1) is 50.2 Å². The summed E-state index contributed by atoms with van der Waals surface area (Å²) in [4.78, 5) is 43.0. The van der Waals surface area contributed by atoms with Crippen molar-refractivity contribution in [3.05, 3.63) is 11.6 Å². The largest absolute Gasteiger partial charge is 0.462 e. The van der Waals surface area contributed by atoms with Gasteiger partial charge in [-0.2, -0.15) is 0 Å². The van der Waals surface area contributed by atoms with Crippen molar-refractivity contribution in [3.63, 3.8) is 0 Å². The molecule has 1 aliphatic heterocycles. The van der Waals surface area contributed by atoms with Crippen molar-refractivity contribution in [1.29, 1.82) is 0 Å². The number of hydrogen-bond donors (Lipinski definition) is 0. The minimum atomic E-state index is -0.545. The molecule has 252 valence electrons. The predicted octanol–water partition coefficient (Wildman–Crippen LogP) is 8.27. The summed E-state index contributed by atoms with van der Waals surface area (Å²) in [5.74, 6) is 0.507. The van der Waals surface area contributed by atoms with Crippen LogP contribution in [0.2, 0.25) is 0 Å². The van der Waals surface area contributed by atoms with Gasteiger partial charge in [0.15, 0.2) is 12.0 Å². The minimum absolute atomic E-state index is 0.0512. The highest BCUT2D eigenvalue weighted by Gasteiger charge is 2.70. The number of esters is 2. The molecule has 5 aliphatic carbocycles. The predicted molar refractivity (Wildman–Crippen MR) is 176 cm³/mol. The van der Waals surface area contributed by atoms with Crippen molar-refractivity contribution in [2.75, 3.05) is 13.1 Å². The number of ketones is 1. The van der Waals surface area contributed by atoms with Crippen LogP contribution in [0.5, 0.6) is 0 Å². The van der Waals surface area contributed by atoms with Crippen molar-refractivity contribution in [1.82, 2.24) is 4.90 Å². The molecule has 0 bridgehead atoms. The van der Waals surface area contributed by atoms with Gasteiger partial charge in [0.25, 0.3) is 0 Å². The molecule has 5 fully saturated rings. The molecule has 6 aliphatic rings. The molecule has 0 spiro atoms. The van der Waals surface area contributed by atoms with Gasteiger partial charge >= 0.3 is 11.9 Å². The van der Waals surface area contributed by atoms with E-state index in [-0.39, 0.29) is 63.2 Å². The standard InChI is InChI=1S/C39H61NO5/c1-25(40-21-11-10-12-22-40)44-33(43)36(6)18-17-35(5)19-20-38(8)27(28(35)24-36)23-29(42)32-37(7)15-14-31(45-26(2)41)34(3,4)30(37)13-16-39(32,38)9/h23,25,28,30-32H,10-22,24H2,1-9H3. The third kappa shape index (κ3) is 4.91. The summed E-state index contributed by atoms with van der Waals surface area (Å²) in [7, 11) is 0. The number of carbonyl (C=O) groups is 3. The molecular weight excluding hydrogens is 562 g/mol. The van der Waals surface area contributed by atoms with Gasteiger partial charge in [-0.05, 0) is 124 Å². The van der Waals surface area contributed by atoms with E-state index >= 15 is 0 Å².